The van der Waals surface area contributed by atoms with Crippen LogP contribution in [0.1, 0.15) is 41.6 Å². The fourth-order valence-electron chi connectivity index (χ4n) is 4.24. The van der Waals surface area contributed by atoms with Crippen LogP contribution in [0.5, 0.6) is 0 Å². The summed E-state index contributed by atoms with van der Waals surface area (Å²) in [6.07, 6.45) is 3.53. The molecule has 2 aliphatic rings. The molecule has 3 atom stereocenters. The Hall–Kier alpha value is -1.43. The van der Waals surface area contributed by atoms with Crippen LogP contribution < -0.4 is 0 Å². The van der Waals surface area contributed by atoms with Crippen molar-refractivity contribution in [3.63, 3.8) is 0 Å². The number of hydrogen-bond donors (Lipinski definition) is 1. The van der Waals surface area contributed by atoms with Crippen LogP contribution in [-0.4, -0.2) is 60.5 Å². The highest BCUT2D eigenvalue weighted by Gasteiger charge is 2.52. The number of methoxy groups -OCH3 is 1. The minimum Gasteiger partial charge on any atom is -0.394 e. The molecule has 1 N–H and O–H groups in total. The van der Waals surface area contributed by atoms with E-state index in [1.54, 1.807) is 7.11 Å². The minimum atomic E-state index is -0.253. The van der Waals surface area contributed by atoms with E-state index in [0.29, 0.717) is 6.61 Å². The Morgan fingerprint density at radius 1 is 1.38 bits per heavy atom. The van der Waals surface area contributed by atoms with Gasteiger partial charge in [0.25, 0.3) is 5.91 Å². The number of aliphatic hydroxyl groups excluding tert-OH is 1. The standard InChI is InChI=1S/C19H27NO4/c1-14-5-3-4-6-16(14)18(22)20-10-9-19(23-2)8-7-15(13-17(19)20)24-12-11-21/h3-6,15,17,21H,7-13H2,1-2H3/t15-,17-,19+/m0/s1. The van der Waals surface area contributed by atoms with Crippen molar-refractivity contribution in [1.82, 2.24) is 4.90 Å². The third-order valence-electron chi connectivity index (χ3n) is 5.62. The van der Waals surface area contributed by atoms with Crippen molar-refractivity contribution in [2.24, 2.45) is 0 Å². The second kappa shape index (κ2) is 7.21. The number of amides is 1. The number of nitrogens with zero attached hydrogens (tertiary/aromatic N) is 1. The largest absolute Gasteiger partial charge is 0.394 e. The molecule has 132 valence electrons. The second-order valence-electron chi connectivity index (χ2n) is 6.84. The van der Waals surface area contributed by atoms with E-state index in [2.05, 4.69) is 0 Å². The lowest BCUT2D eigenvalue weighted by atomic mass is 9.79. The molecule has 1 aliphatic carbocycles. The van der Waals surface area contributed by atoms with Crippen LogP contribution in [0.25, 0.3) is 0 Å². The highest BCUT2D eigenvalue weighted by molar-refractivity contribution is 5.96. The molecule has 3 rings (SSSR count). The van der Waals surface area contributed by atoms with Gasteiger partial charge in [0.15, 0.2) is 0 Å². The van der Waals surface area contributed by atoms with Gasteiger partial charge in [-0.25, -0.2) is 0 Å². The minimum absolute atomic E-state index is 0.0302. The van der Waals surface area contributed by atoms with Gasteiger partial charge in [0.05, 0.1) is 31.0 Å². The van der Waals surface area contributed by atoms with Gasteiger partial charge in [0.2, 0.25) is 0 Å². The number of ether oxygens (including phenoxy) is 2. The summed E-state index contributed by atoms with van der Waals surface area (Å²) < 4.78 is 11.6. The Balaban J connectivity index is 1.81. The molecule has 0 radical (unpaired) electrons. The van der Waals surface area contributed by atoms with Gasteiger partial charge in [-0.05, 0) is 44.2 Å². The average molecular weight is 333 g/mol. The van der Waals surface area contributed by atoms with E-state index in [-0.39, 0.29) is 30.3 Å². The molecule has 5 nitrogen and oxygen atoms in total. The smallest absolute Gasteiger partial charge is 0.254 e. The van der Waals surface area contributed by atoms with Gasteiger partial charge < -0.3 is 19.5 Å². The number of aliphatic hydroxyl groups is 1. The average Bonchev–Trinajstić information content (AvgIpc) is 2.99. The van der Waals surface area contributed by atoms with Crippen molar-refractivity contribution in [1.29, 1.82) is 0 Å². The predicted molar refractivity (Wildman–Crippen MR) is 91.0 cm³/mol. The second-order valence-corrected chi connectivity index (χ2v) is 6.84. The molecule has 0 aromatic heterocycles. The summed E-state index contributed by atoms with van der Waals surface area (Å²) in [5.74, 6) is 0.0832. The van der Waals surface area contributed by atoms with Crippen molar-refractivity contribution in [3.05, 3.63) is 35.4 Å². The third kappa shape index (κ3) is 3.08. The molecule has 1 saturated carbocycles. The zero-order valence-electron chi connectivity index (χ0n) is 14.5. The maximum absolute atomic E-state index is 13.1. The molecule has 1 aliphatic heterocycles. The molecule has 0 spiro atoms. The van der Waals surface area contributed by atoms with E-state index in [4.69, 9.17) is 14.6 Å². The van der Waals surface area contributed by atoms with Gasteiger partial charge in [-0.2, -0.15) is 0 Å². The van der Waals surface area contributed by atoms with Crippen LogP contribution in [0, 0.1) is 6.92 Å². The number of carbonyl (C=O) groups is 1. The number of aryl methyl sites for hydroxylation is 1. The van der Waals surface area contributed by atoms with Crippen molar-refractivity contribution in [2.75, 3.05) is 26.9 Å². The lowest BCUT2D eigenvalue weighted by molar-refractivity contribution is -0.0992. The molecule has 5 heteroatoms. The Labute approximate surface area is 143 Å². The molecule has 1 aromatic carbocycles. The van der Waals surface area contributed by atoms with Crippen LogP contribution in [0.3, 0.4) is 0 Å². The SMILES string of the molecule is CO[C@@]12CC[C@H](OCCO)C[C@@H]1N(C(=O)c1ccccc1C)CC2. The topological polar surface area (TPSA) is 59.0 Å². The zero-order chi connectivity index (χ0) is 17.2. The number of rotatable bonds is 5. The summed E-state index contributed by atoms with van der Waals surface area (Å²) in [7, 11) is 1.75. The Bertz CT molecular complexity index is 590. The van der Waals surface area contributed by atoms with Gasteiger partial charge in [0.1, 0.15) is 0 Å². The molecule has 2 fully saturated rings. The van der Waals surface area contributed by atoms with Crippen LogP contribution in [0.15, 0.2) is 24.3 Å². The predicted octanol–water partition coefficient (Wildman–Crippen LogP) is 2.16. The van der Waals surface area contributed by atoms with Crippen molar-refractivity contribution in [2.45, 2.75) is 50.4 Å². The van der Waals surface area contributed by atoms with Crippen molar-refractivity contribution in [3.8, 4) is 0 Å². The van der Waals surface area contributed by atoms with E-state index < -0.39 is 0 Å². The number of hydrogen-bond acceptors (Lipinski definition) is 4. The van der Waals surface area contributed by atoms with Gasteiger partial charge in [0, 0.05) is 19.2 Å². The van der Waals surface area contributed by atoms with E-state index in [1.165, 1.54) is 0 Å². The van der Waals surface area contributed by atoms with E-state index >= 15 is 0 Å². The molecule has 1 heterocycles. The van der Waals surface area contributed by atoms with Crippen molar-refractivity contribution < 1.29 is 19.4 Å². The van der Waals surface area contributed by atoms with Crippen LogP contribution >= 0.6 is 0 Å². The third-order valence-corrected chi connectivity index (χ3v) is 5.62. The molecule has 24 heavy (non-hydrogen) atoms. The first-order chi connectivity index (χ1) is 11.6. The number of carbonyl (C=O) groups excluding carboxylic acids is 1. The van der Waals surface area contributed by atoms with Crippen LogP contribution in [-0.2, 0) is 9.47 Å². The van der Waals surface area contributed by atoms with Crippen LogP contribution in [0.2, 0.25) is 0 Å². The Morgan fingerprint density at radius 2 is 2.17 bits per heavy atom. The Morgan fingerprint density at radius 3 is 2.88 bits per heavy atom. The Kier molecular flexibility index (Phi) is 5.23. The highest BCUT2D eigenvalue weighted by Crippen LogP contribution is 2.43. The summed E-state index contributed by atoms with van der Waals surface area (Å²) in [5.41, 5.74) is 1.52. The molecule has 0 unspecified atom stereocenters. The lowest BCUT2D eigenvalue weighted by Gasteiger charge is -2.43. The summed E-state index contributed by atoms with van der Waals surface area (Å²) >= 11 is 0. The maximum Gasteiger partial charge on any atom is 0.254 e. The molecular weight excluding hydrogens is 306 g/mol. The van der Waals surface area contributed by atoms with E-state index in [1.807, 2.05) is 36.1 Å². The molecule has 0 bridgehead atoms. The fourth-order valence-corrected chi connectivity index (χ4v) is 4.24. The quantitative estimate of drug-likeness (QED) is 0.897. The van der Waals surface area contributed by atoms with E-state index in [9.17, 15) is 4.79 Å². The maximum atomic E-state index is 13.1. The first-order valence-electron chi connectivity index (χ1n) is 8.75. The highest BCUT2D eigenvalue weighted by atomic mass is 16.5. The molecule has 1 saturated heterocycles. The van der Waals surface area contributed by atoms with Crippen LogP contribution in [0.4, 0.5) is 0 Å². The number of benzene rings is 1. The first kappa shape index (κ1) is 17.4. The van der Waals surface area contributed by atoms with Gasteiger partial charge in [-0.1, -0.05) is 18.2 Å². The summed E-state index contributed by atoms with van der Waals surface area (Å²) in [4.78, 5) is 15.1. The zero-order valence-corrected chi connectivity index (χ0v) is 14.5. The van der Waals surface area contributed by atoms with Gasteiger partial charge in [-0.3, -0.25) is 4.79 Å². The van der Waals surface area contributed by atoms with E-state index in [0.717, 1.165) is 43.4 Å². The monoisotopic (exact) mass is 333 g/mol. The lowest BCUT2D eigenvalue weighted by Crippen LogP contribution is -2.53. The number of likely N-dealkylation sites (tertiary alicyclic amines) is 1. The van der Waals surface area contributed by atoms with Gasteiger partial charge >= 0.3 is 0 Å². The summed E-state index contributed by atoms with van der Waals surface area (Å²) in [6.45, 7) is 3.07. The normalized spacial score (nSPS) is 29.5. The van der Waals surface area contributed by atoms with Gasteiger partial charge in [-0.15, -0.1) is 0 Å². The molecule has 1 aromatic rings. The molecule has 1 amide bonds. The summed E-state index contributed by atoms with van der Waals surface area (Å²) in [5, 5.41) is 8.99. The first-order valence-corrected chi connectivity index (χ1v) is 8.75. The summed E-state index contributed by atoms with van der Waals surface area (Å²) in [6, 6.07) is 7.77. The number of fused-ring (bicyclic) bond motifs is 1. The fraction of sp³-hybridized carbons (Fsp3) is 0.632. The van der Waals surface area contributed by atoms with Crippen molar-refractivity contribution >= 4 is 5.91 Å². The molecular formula is C19H27NO4.